The highest BCUT2D eigenvalue weighted by Gasteiger charge is 2.06. The molecule has 0 aromatic heterocycles. The standard InChI is InChI=1S/C14H15NO2/c1-17-14-5-3-2-4-11(14)8-10-6-7-12(16)9-13(10)15/h2-7,9,16H,8,15H2,1H3. The molecule has 0 aliphatic rings. The van der Waals surface area contributed by atoms with Gasteiger partial charge in [-0.1, -0.05) is 24.3 Å². The van der Waals surface area contributed by atoms with Crippen molar-refractivity contribution in [2.75, 3.05) is 12.8 Å². The van der Waals surface area contributed by atoms with E-state index in [4.69, 9.17) is 10.5 Å². The Morgan fingerprint density at radius 2 is 1.88 bits per heavy atom. The van der Waals surface area contributed by atoms with Crippen LogP contribution in [0.5, 0.6) is 11.5 Å². The Morgan fingerprint density at radius 3 is 2.59 bits per heavy atom. The number of nitrogens with two attached hydrogens (primary N) is 1. The van der Waals surface area contributed by atoms with Gasteiger partial charge in [-0.3, -0.25) is 0 Å². The highest BCUT2D eigenvalue weighted by atomic mass is 16.5. The second-order valence-electron chi connectivity index (χ2n) is 3.87. The summed E-state index contributed by atoms with van der Waals surface area (Å²) in [6, 6.07) is 12.9. The minimum Gasteiger partial charge on any atom is -0.508 e. The van der Waals surface area contributed by atoms with Crippen LogP contribution < -0.4 is 10.5 Å². The molecule has 0 spiro atoms. The van der Waals surface area contributed by atoms with Crippen LogP contribution in [-0.4, -0.2) is 12.2 Å². The first-order valence-electron chi connectivity index (χ1n) is 5.40. The van der Waals surface area contributed by atoms with E-state index < -0.39 is 0 Å². The molecule has 3 nitrogen and oxygen atoms in total. The van der Waals surface area contributed by atoms with Gasteiger partial charge in [0.25, 0.3) is 0 Å². The second-order valence-corrected chi connectivity index (χ2v) is 3.87. The first kappa shape index (κ1) is 11.3. The zero-order chi connectivity index (χ0) is 12.3. The van der Waals surface area contributed by atoms with E-state index in [1.165, 1.54) is 0 Å². The van der Waals surface area contributed by atoms with E-state index in [1.54, 1.807) is 19.2 Å². The van der Waals surface area contributed by atoms with Crippen LogP contribution in [0.25, 0.3) is 0 Å². The van der Waals surface area contributed by atoms with E-state index in [9.17, 15) is 5.11 Å². The molecule has 0 aliphatic carbocycles. The zero-order valence-electron chi connectivity index (χ0n) is 9.68. The lowest BCUT2D eigenvalue weighted by Crippen LogP contribution is -1.97. The van der Waals surface area contributed by atoms with Gasteiger partial charge in [0.1, 0.15) is 11.5 Å². The summed E-state index contributed by atoms with van der Waals surface area (Å²) in [5.74, 6) is 1.03. The lowest BCUT2D eigenvalue weighted by Gasteiger charge is -2.10. The summed E-state index contributed by atoms with van der Waals surface area (Å²) in [6.07, 6.45) is 0.691. The Morgan fingerprint density at radius 1 is 1.12 bits per heavy atom. The quantitative estimate of drug-likeness (QED) is 0.795. The van der Waals surface area contributed by atoms with Crippen molar-refractivity contribution in [3.8, 4) is 11.5 Å². The molecule has 2 aromatic rings. The second kappa shape index (κ2) is 4.78. The van der Waals surface area contributed by atoms with Gasteiger partial charge in [0.05, 0.1) is 7.11 Å². The highest BCUT2D eigenvalue weighted by Crippen LogP contribution is 2.25. The number of aromatic hydroxyl groups is 1. The number of nitrogen functional groups attached to an aromatic ring is 1. The molecule has 0 amide bonds. The first-order chi connectivity index (χ1) is 8.20. The molecule has 0 atom stereocenters. The van der Waals surface area contributed by atoms with Gasteiger partial charge >= 0.3 is 0 Å². The average molecular weight is 229 g/mol. The van der Waals surface area contributed by atoms with Gasteiger partial charge < -0.3 is 15.6 Å². The molecule has 3 heteroatoms. The Bertz CT molecular complexity index is 523. The van der Waals surface area contributed by atoms with Crippen molar-refractivity contribution in [1.29, 1.82) is 0 Å². The van der Waals surface area contributed by atoms with Gasteiger partial charge in [0, 0.05) is 18.2 Å². The van der Waals surface area contributed by atoms with Crippen molar-refractivity contribution in [2.45, 2.75) is 6.42 Å². The smallest absolute Gasteiger partial charge is 0.122 e. The highest BCUT2D eigenvalue weighted by molar-refractivity contribution is 5.53. The van der Waals surface area contributed by atoms with E-state index in [2.05, 4.69) is 0 Å². The van der Waals surface area contributed by atoms with E-state index in [1.807, 2.05) is 30.3 Å². The van der Waals surface area contributed by atoms with Crippen molar-refractivity contribution in [3.05, 3.63) is 53.6 Å². The molecule has 0 heterocycles. The molecule has 88 valence electrons. The van der Waals surface area contributed by atoms with Gasteiger partial charge in [0.15, 0.2) is 0 Å². The number of benzene rings is 2. The number of methoxy groups -OCH3 is 1. The zero-order valence-corrected chi connectivity index (χ0v) is 9.68. The fraction of sp³-hybridized carbons (Fsp3) is 0.143. The van der Waals surface area contributed by atoms with Crippen LogP contribution in [0.3, 0.4) is 0 Å². The van der Waals surface area contributed by atoms with Crippen molar-refractivity contribution in [2.24, 2.45) is 0 Å². The average Bonchev–Trinajstić information content (AvgIpc) is 2.33. The summed E-state index contributed by atoms with van der Waals surface area (Å²) in [4.78, 5) is 0. The minimum atomic E-state index is 0.186. The Kier molecular flexibility index (Phi) is 3.19. The van der Waals surface area contributed by atoms with Crippen molar-refractivity contribution >= 4 is 5.69 Å². The predicted molar refractivity (Wildman–Crippen MR) is 68.3 cm³/mol. The predicted octanol–water partition coefficient (Wildman–Crippen LogP) is 2.57. The number of rotatable bonds is 3. The number of para-hydroxylation sites is 1. The molecular formula is C14H15NO2. The maximum absolute atomic E-state index is 9.30. The van der Waals surface area contributed by atoms with Crippen molar-refractivity contribution in [1.82, 2.24) is 0 Å². The van der Waals surface area contributed by atoms with Crippen LogP contribution in [-0.2, 0) is 6.42 Å². The lowest BCUT2D eigenvalue weighted by atomic mass is 10.0. The summed E-state index contributed by atoms with van der Waals surface area (Å²) in [5, 5.41) is 9.30. The minimum absolute atomic E-state index is 0.186. The van der Waals surface area contributed by atoms with E-state index in [-0.39, 0.29) is 5.75 Å². The van der Waals surface area contributed by atoms with E-state index in [0.29, 0.717) is 12.1 Å². The van der Waals surface area contributed by atoms with Gasteiger partial charge in [0.2, 0.25) is 0 Å². The molecule has 0 radical (unpaired) electrons. The Balaban J connectivity index is 2.31. The molecule has 0 saturated carbocycles. The molecule has 0 bridgehead atoms. The molecule has 0 fully saturated rings. The molecule has 2 aromatic carbocycles. The summed E-state index contributed by atoms with van der Waals surface area (Å²) in [5.41, 5.74) is 8.51. The lowest BCUT2D eigenvalue weighted by molar-refractivity contribution is 0.410. The number of phenols is 1. The van der Waals surface area contributed by atoms with Gasteiger partial charge in [-0.05, 0) is 23.3 Å². The van der Waals surface area contributed by atoms with Crippen molar-refractivity contribution < 1.29 is 9.84 Å². The number of phenolic OH excluding ortho intramolecular Hbond substituents is 1. The molecule has 0 saturated heterocycles. The molecular weight excluding hydrogens is 214 g/mol. The Hall–Kier alpha value is -2.16. The maximum atomic E-state index is 9.30. The fourth-order valence-corrected chi connectivity index (χ4v) is 1.80. The maximum Gasteiger partial charge on any atom is 0.122 e. The first-order valence-corrected chi connectivity index (χ1v) is 5.40. The molecule has 17 heavy (non-hydrogen) atoms. The van der Waals surface area contributed by atoms with Crippen LogP contribution in [0.15, 0.2) is 42.5 Å². The van der Waals surface area contributed by atoms with Crippen molar-refractivity contribution in [3.63, 3.8) is 0 Å². The normalized spacial score (nSPS) is 10.2. The van der Waals surface area contributed by atoms with Gasteiger partial charge in [-0.15, -0.1) is 0 Å². The molecule has 3 N–H and O–H groups in total. The van der Waals surface area contributed by atoms with Crippen LogP contribution >= 0.6 is 0 Å². The van der Waals surface area contributed by atoms with Gasteiger partial charge in [-0.2, -0.15) is 0 Å². The number of anilines is 1. The topological polar surface area (TPSA) is 55.5 Å². The third-order valence-corrected chi connectivity index (χ3v) is 2.70. The largest absolute Gasteiger partial charge is 0.508 e. The molecule has 0 aliphatic heterocycles. The van der Waals surface area contributed by atoms with E-state index in [0.717, 1.165) is 16.9 Å². The monoisotopic (exact) mass is 229 g/mol. The SMILES string of the molecule is COc1ccccc1Cc1ccc(O)cc1N. The number of ether oxygens (including phenoxy) is 1. The summed E-state index contributed by atoms with van der Waals surface area (Å²) < 4.78 is 5.29. The Labute approximate surface area is 100 Å². The third kappa shape index (κ3) is 2.50. The molecule has 2 rings (SSSR count). The van der Waals surface area contributed by atoms with Gasteiger partial charge in [-0.25, -0.2) is 0 Å². The van der Waals surface area contributed by atoms with Crippen LogP contribution in [0.2, 0.25) is 0 Å². The number of hydrogen-bond acceptors (Lipinski definition) is 3. The summed E-state index contributed by atoms with van der Waals surface area (Å²) in [7, 11) is 1.65. The fourth-order valence-electron chi connectivity index (χ4n) is 1.80. The molecule has 0 unspecified atom stereocenters. The van der Waals surface area contributed by atoms with E-state index >= 15 is 0 Å². The van der Waals surface area contributed by atoms with Crippen LogP contribution in [0.1, 0.15) is 11.1 Å². The van der Waals surface area contributed by atoms with Crippen LogP contribution in [0.4, 0.5) is 5.69 Å². The van der Waals surface area contributed by atoms with Crippen LogP contribution in [0, 0.1) is 0 Å². The summed E-state index contributed by atoms with van der Waals surface area (Å²) >= 11 is 0. The third-order valence-electron chi connectivity index (χ3n) is 2.70. The number of hydrogen-bond donors (Lipinski definition) is 2. The summed E-state index contributed by atoms with van der Waals surface area (Å²) in [6.45, 7) is 0.